The Labute approximate surface area is 172 Å². The molecule has 0 saturated heterocycles. The van der Waals surface area contributed by atoms with Crippen molar-refractivity contribution in [3.63, 3.8) is 0 Å². The summed E-state index contributed by atoms with van der Waals surface area (Å²) < 4.78 is 22.5. The lowest BCUT2D eigenvalue weighted by Crippen LogP contribution is -2.42. The molecule has 0 spiro atoms. The van der Waals surface area contributed by atoms with Crippen LogP contribution < -0.4 is 10.6 Å². The van der Waals surface area contributed by atoms with E-state index in [0.29, 0.717) is 6.42 Å². The van der Waals surface area contributed by atoms with Gasteiger partial charge in [0.25, 0.3) is 0 Å². The third kappa shape index (κ3) is 20.1. The summed E-state index contributed by atoms with van der Waals surface area (Å²) in [5, 5.41) is 6.50. The molecule has 152 valence electrons. The summed E-state index contributed by atoms with van der Waals surface area (Å²) in [5.74, 6) is 0.985. The minimum absolute atomic E-state index is 0. The molecule has 1 unspecified atom stereocenters. The van der Waals surface area contributed by atoms with Crippen LogP contribution in [0.15, 0.2) is 4.99 Å². The van der Waals surface area contributed by atoms with Gasteiger partial charge in [0.1, 0.15) is 9.84 Å². The van der Waals surface area contributed by atoms with Gasteiger partial charge in [-0.1, -0.05) is 19.3 Å². The van der Waals surface area contributed by atoms with Crippen LogP contribution in [0.4, 0.5) is 0 Å². The van der Waals surface area contributed by atoms with Crippen LogP contribution in [0.25, 0.3) is 0 Å². The maximum absolute atomic E-state index is 11.2. The highest BCUT2D eigenvalue weighted by Gasteiger charge is 2.09. The fraction of sp³-hybridized carbons (Fsp3) is 0.941. The average Bonchev–Trinajstić information content (AvgIpc) is 2.47. The van der Waals surface area contributed by atoms with Crippen molar-refractivity contribution in [1.29, 1.82) is 0 Å². The number of nitrogens with zero attached hydrogens (tertiary/aromatic N) is 2. The topological polar surface area (TPSA) is 73.8 Å². The summed E-state index contributed by atoms with van der Waals surface area (Å²) in [5.41, 5.74) is 0. The number of nitrogens with one attached hydrogen (secondary N) is 2. The van der Waals surface area contributed by atoms with Crippen molar-refractivity contribution >= 4 is 39.8 Å². The minimum Gasteiger partial charge on any atom is -0.357 e. The van der Waals surface area contributed by atoms with Gasteiger partial charge >= 0.3 is 0 Å². The maximum atomic E-state index is 11.2. The lowest BCUT2D eigenvalue weighted by Gasteiger charge is -2.17. The Morgan fingerprint density at radius 1 is 1.12 bits per heavy atom. The number of sulfone groups is 1. The molecule has 0 aromatic carbocycles. The maximum Gasteiger partial charge on any atom is 0.191 e. The van der Waals surface area contributed by atoms with Gasteiger partial charge in [-0.3, -0.25) is 4.99 Å². The summed E-state index contributed by atoms with van der Waals surface area (Å²) >= 11 is 0. The molecule has 0 bridgehead atoms. The first-order chi connectivity index (χ1) is 11.2. The van der Waals surface area contributed by atoms with E-state index in [2.05, 4.69) is 34.6 Å². The molecular weight excluding hydrogens is 451 g/mol. The summed E-state index contributed by atoms with van der Waals surface area (Å²) in [6.07, 6.45) is 7.97. The van der Waals surface area contributed by atoms with Crippen molar-refractivity contribution < 1.29 is 8.42 Å². The number of aliphatic imine (C=N–C) groups is 1. The summed E-state index contributed by atoms with van der Waals surface area (Å²) in [7, 11) is 1.32. The highest BCUT2D eigenvalue weighted by molar-refractivity contribution is 14.0. The third-order valence-corrected chi connectivity index (χ3v) is 4.66. The molecular formula is C17H39IN4O2S. The molecule has 6 nitrogen and oxygen atoms in total. The zero-order chi connectivity index (χ0) is 18.4. The van der Waals surface area contributed by atoms with Crippen molar-refractivity contribution in [3.8, 4) is 0 Å². The van der Waals surface area contributed by atoms with E-state index < -0.39 is 9.84 Å². The minimum atomic E-state index is -2.91. The zero-order valence-corrected chi connectivity index (χ0v) is 19.8. The Morgan fingerprint density at radius 2 is 1.72 bits per heavy atom. The van der Waals surface area contributed by atoms with E-state index in [1.54, 1.807) is 0 Å². The SMILES string of the molecule is CCNC(=NCCCCCCCN(C)C)NC(C)CCS(C)(=O)=O.I. The van der Waals surface area contributed by atoms with Crippen LogP contribution in [0, 0.1) is 0 Å². The van der Waals surface area contributed by atoms with Gasteiger partial charge in [-0.2, -0.15) is 0 Å². The molecule has 0 rings (SSSR count). The smallest absolute Gasteiger partial charge is 0.191 e. The molecule has 0 aromatic heterocycles. The predicted molar refractivity (Wildman–Crippen MR) is 120 cm³/mol. The molecule has 0 fully saturated rings. The van der Waals surface area contributed by atoms with Crippen molar-refractivity contribution in [3.05, 3.63) is 0 Å². The van der Waals surface area contributed by atoms with Crippen LogP contribution >= 0.6 is 24.0 Å². The lowest BCUT2D eigenvalue weighted by atomic mass is 10.1. The Morgan fingerprint density at radius 3 is 2.28 bits per heavy atom. The van der Waals surface area contributed by atoms with Gasteiger partial charge in [0.2, 0.25) is 0 Å². The Balaban J connectivity index is 0. The van der Waals surface area contributed by atoms with Gasteiger partial charge in [0.15, 0.2) is 5.96 Å². The molecule has 0 heterocycles. The fourth-order valence-corrected chi connectivity index (χ4v) is 3.06. The zero-order valence-electron chi connectivity index (χ0n) is 16.7. The van der Waals surface area contributed by atoms with Crippen molar-refractivity contribution in [1.82, 2.24) is 15.5 Å². The van der Waals surface area contributed by atoms with Gasteiger partial charge in [0.05, 0.1) is 5.75 Å². The number of unbranched alkanes of at least 4 members (excludes halogenated alkanes) is 4. The molecule has 0 saturated carbocycles. The third-order valence-electron chi connectivity index (χ3n) is 3.68. The molecule has 1 atom stereocenters. The first kappa shape index (κ1) is 27.1. The monoisotopic (exact) mass is 490 g/mol. The second-order valence-electron chi connectivity index (χ2n) is 6.80. The van der Waals surface area contributed by atoms with E-state index >= 15 is 0 Å². The highest BCUT2D eigenvalue weighted by atomic mass is 127. The molecule has 2 N–H and O–H groups in total. The highest BCUT2D eigenvalue weighted by Crippen LogP contribution is 2.03. The van der Waals surface area contributed by atoms with E-state index in [4.69, 9.17) is 0 Å². The van der Waals surface area contributed by atoms with Crippen molar-refractivity contribution in [2.45, 2.75) is 58.4 Å². The van der Waals surface area contributed by atoms with Gasteiger partial charge in [-0.15, -0.1) is 24.0 Å². The fourth-order valence-electron chi connectivity index (χ4n) is 2.28. The van der Waals surface area contributed by atoms with E-state index in [1.165, 1.54) is 31.9 Å². The Kier molecular flexibility index (Phi) is 17.5. The van der Waals surface area contributed by atoms with E-state index in [-0.39, 0.29) is 35.8 Å². The first-order valence-electron chi connectivity index (χ1n) is 9.12. The summed E-state index contributed by atoms with van der Waals surface area (Å²) in [6.45, 7) is 6.79. The number of hydrogen-bond donors (Lipinski definition) is 2. The normalized spacial score (nSPS) is 13.4. The standard InChI is InChI=1S/C17H38N4O2S.HI/c1-6-18-17(20-16(2)12-15-24(5,22)23)19-13-10-8-7-9-11-14-21(3)4;/h16H,6-15H2,1-5H3,(H2,18,19,20);1H. The quantitative estimate of drug-likeness (QED) is 0.180. The van der Waals surface area contributed by atoms with Crippen LogP contribution in [0.2, 0.25) is 0 Å². The second-order valence-corrected chi connectivity index (χ2v) is 9.06. The number of rotatable bonds is 13. The molecule has 0 amide bonds. The van der Waals surface area contributed by atoms with Crippen LogP contribution in [-0.4, -0.2) is 71.1 Å². The summed E-state index contributed by atoms with van der Waals surface area (Å²) in [4.78, 5) is 6.81. The van der Waals surface area contributed by atoms with Gasteiger partial charge in [-0.05, 0) is 53.8 Å². The Hall–Kier alpha value is -0.0900. The largest absolute Gasteiger partial charge is 0.357 e. The molecule has 8 heteroatoms. The predicted octanol–water partition coefficient (Wildman–Crippen LogP) is 2.49. The van der Waals surface area contributed by atoms with Crippen molar-refractivity contribution in [2.24, 2.45) is 4.99 Å². The molecule has 0 aliphatic carbocycles. The molecule has 0 aliphatic heterocycles. The molecule has 0 radical (unpaired) electrons. The van der Waals surface area contributed by atoms with Crippen LogP contribution in [-0.2, 0) is 9.84 Å². The van der Waals surface area contributed by atoms with Crippen LogP contribution in [0.5, 0.6) is 0 Å². The summed E-state index contributed by atoms with van der Waals surface area (Å²) in [6, 6.07) is 0.0866. The van der Waals surface area contributed by atoms with Crippen LogP contribution in [0.3, 0.4) is 0 Å². The Bertz CT molecular complexity index is 442. The van der Waals surface area contributed by atoms with Gasteiger partial charge < -0.3 is 15.5 Å². The first-order valence-corrected chi connectivity index (χ1v) is 11.2. The number of halogens is 1. The number of hydrogen-bond acceptors (Lipinski definition) is 4. The van der Waals surface area contributed by atoms with E-state index in [1.807, 2.05) is 13.8 Å². The average molecular weight is 490 g/mol. The van der Waals surface area contributed by atoms with Gasteiger partial charge in [-0.25, -0.2) is 8.42 Å². The molecule has 0 aromatic rings. The number of guanidine groups is 1. The van der Waals surface area contributed by atoms with E-state index in [0.717, 1.165) is 32.0 Å². The van der Waals surface area contributed by atoms with E-state index in [9.17, 15) is 8.42 Å². The van der Waals surface area contributed by atoms with Gasteiger partial charge in [0, 0.05) is 25.4 Å². The second kappa shape index (κ2) is 16.1. The lowest BCUT2D eigenvalue weighted by molar-refractivity contribution is 0.390. The molecule has 0 aliphatic rings. The van der Waals surface area contributed by atoms with Crippen LogP contribution in [0.1, 0.15) is 52.4 Å². The van der Waals surface area contributed by atoms with Crippen molar-refractivity contribution in [2.75, 3.05) is 45.7 Å². The molecule has 25 heavy (non-hydrogen) atoms.